The number of hydrogen-bond acceptors (Lipinski definition) is 3. The first-order valence-electron chi connectivity index (χ1n) is 2.74. The minimum absolute atomic E-state index is 0.0926. The second kappa shape index (κ2) is 2.85. The van der Waals surface area contributed by atoms with Crippen LogP contribution in [-0.4, -0.2) is 18.0 Å². The van der Waals surface area contributed by atoms with Crippen LogP contribution in [0.1, 0.15) is 0 Å². The van der Waals surface area contributed by atoms with E-state index in [1.54, 1.807) is 16.9 Å². The molecule has 0 aromatic carbocycles. The Morgan fingerprint density at radius 3 is 2.64 bits per heavy atom. The maximum Gasteiger partial charge on any atom is 0.358 e. The lowest BCUT2D eigenvalue weighted by Crippen LogP contribution is -2.11. The van der Waals surface area contributed by atoms with Crippen molar-refractivity contribution in [3.05, 3.63) is 24.4 Å². The molecule has 1 aromatic rings. The molecule has 0 atom stereocenters. The molecule has 0 amide bonds. The predicted octanol–water partition coefficient (Wildman–Crippen LogP) is 0.296. The molecule has 0 radical (unpaired) electrons. The smallest absolute Gasteiger partial charge is 0.269 e. The summed E-state index contributed by atoms with van der Waals surface area (Å²) >= 11 is 0. The fourth-order valence-electron chi connectivity index (χ4n) is 0.555. The minimum atomic E-state index is -4.19. The van der Waals surface area contributed by atoms with Gasteiger partial charge in [0, 0.05) is 6.20 Å². The van der Waals surface area contributed by atoms with Crippen LogP contribution in [0.3, 0.4) is 0 Å². The van der Waals surface area contributed by atoms with Crippen LogP contribution in [0.25, 0.3) is 0 Å². The van der Waals surface area contributed by atoms with Crippen molar-refractivity contribution in [3.63, 3.8) is 0 Å². The highest BCUT2D eigenvalue weighted by Crippen LogP contribution is 2.00. The maximum absolute atomic E-state index is 10.2. The fraction of sp³-hybridized carbons (Fsp3) is 0. The number of aromatic nitrogens is 1. The lowest BCUT2D eigenvalue weighted by atomic mass is 10.5. The highest BCUT2D eigenvalue weighted by molar-refractivity contribution is 7.87. The first-order valence-corrected chi connectivity index (χ1v) is 4.18. The molecule has 0 unspecified atom stereocenters. The summed E-state index contributed by atoms with van der Waals surface area (Å²) in [6.45, 7) is 0. The third kappa shape index (κ3) is 2.96. The predicted molar refractivity (Wildman–Crippen MR) is 39.4 cm³/mol. The van der Waals surface area contributed by atoms with E-state index in [-0.39, 0.29) is 5.82 Å². The Labute approximate surface area is 64.0 Å². The highest BCUT2D eigenvalue weighted by Gasteiger charge is 2.02. The van der Waals surface area contributed by atoms with Gasteiger partial charge in [-0.15, -0.1) is 0 Å². The molecule has 6 heteroatoms. The van der Waals surface area contributed by atoms with E-state index in [9.17, 15) is 8.42 Å². The molecule has 5 nitrogen and oxygen atoms in total. The van der Waals surface area contributed by atoms with Gasteiger partial charge in [-0.3, -0.25) is 4.55 Å². The van der Waals surface area contributed by atoms with E-state index in [4.69, 9.17) is 4.55 Å². The number of hydrogen-bond donors (Lipinski definition) is 2. The Morgan fingerprint density at radius 1 is 1.45 bits per heavy atom. The van der Waals surface area contributed by atoms with Gasteiger partial charge >= 0.3 is 10.3 Å². The number of nitrogens with one attached hydrogen (secondary N) is 1. The number of nitrogens with zero attached hydrogens (tertiary/aromatic N) is 1. The molecule has 0 aliphatic carbocycles. The highest BCUT2D eigenvalue weighted by atomic mass is 32.2. The molecule has 60 valence electrons. The van der Waals surface area contributed by atoms with E-state index in [1.165, 1.54) is 12.3 Å². The third-order valence-corrected chi connectivity index (χ3v) is 1.37. The first kappa shape index (κ1) is 7.96. The molecule has 0 aliphatic heterocycles. The second-order valence-electron chi connectivity index (χ2n) is 1.79. The van der Waals surface area contributed by atoms with Gasteiger partial charge in [0.05, 0.1) is 0 Å². The largest absolute Gasteiger partial charge is 0.358 e. The van der Waals surface area contributed by atoms with E-state index in [0.717, 1.165) is 0 Å². The van der Waals surface area contributed by atoms with Gasteiger partial charge in [-0.25, -0.2) is 9.71 Å². The van der Waals surface area contributed by atoms with Gasteiger partial charge in [-0.1, -0.05) is 6.07 Å². The summed E-state index contributed by atoms with van der Waals surface area (Å²) < 4.78 is 30.5. The van der Waals surface area contributed by atoms with Gasteiger partial charge in [-0.05, 0) is 12.1 Å². The van der Waals surface area contributed by atoms with Gasteiger partial charge in [0.2, 0.25) is 0 Å². The van der Waals surface area contributed by atoms with Gasteiger partial charge < -0.3 is 0 Å². The Bertz CT molecular complexity index is 321. The van der Waals surface area contributed by atoms with E-state index in [2.05, 4.69) is 4.98 Å². The van der Waals surface area contributed by atoms with Crippen LogP contribution in [0, 0.1) is 0 Å². The molecular formula is C5H6N2O3S. The van der Waals surface area contributed by atoms with Crippen molar-refractivity contribution in [2.24, 2.45) is 0 Å². The van der Waals surface area contributed by atoms with E-state index >= 15 is 0 Å². The Kier molecular flexibility index (Phi) is 2.06. The van der Waals surface area contributed by atoms with Crippen LogP contribution in [0.2, 0.25) is 0 Å². The number of anilines is 1. The molecule has 11 heavy (non-hydrogen) atoms. The number of pyridine rings is 1. The second-order valence-corrected chi connectivity index (χ2v) is 2.95. The summed E-state index contributed by atoms with van der Waals surface area (Å²) in [5, 5.41) is 0. The topological polar surface area (TPSA) is 79.3 Å². The van der Waals surface area contributed by atoms with Crippen molar-refractivity contribution >= 4 is 16.1 Å². The molecule has 1 heterocycles. The van der Waals surface area contributed by atoms with Crippen molar-refractivity contribution in [2.45, 2.75) is 0 Å². The van der Waals surface area contributed by atoms with Crippen LogP contribution in [0.15, 0.2) is 24.4 Å². The van der Waals surface area contributed by atoms with Crippen molar-refractivity contribution in [1.82, 2.24) is 4.98 Å². The lowest BCUT2D eigenvalue weighted by molar-refractivity contribution is 0.489. The molecule has 0 fully saturated rings. The molecule has 1 aromatic heterocycles. The van der Waals surface area contributed by atoms with Crippen molar-refractivity contribution in [1.29, 1.82) is 0 Å². The summed E-state index contributed by atoms with van der Waals surface area (Å²) in [5.41, 5.74) is 0. The standard InChI is InChI=1S/C5H6N2O3S/c8-11(9,10)7-5-3-1-2-4-6-5/h1-4H,(H,6,7)(H,8,9,10). The molecule has 0 saturated heterocycles. The quantitative estimate of drug-likeness (QED) is 0.632. The SMILES string of the molecule is O=S(=O)(O)Nc1ccccn1. The van der Waals surface area contributed by atoms with Crippen LogP contribution < -0.4 is 4.72 Å². The average Bonchev–Trinajstić information content (AvgIpc) is 1.85. The maximum atomic E-state index is 10.2. The number of rotatable bonds is 2. The molecule has 2 N–H and O–H groups in total. The zero-order valence-electron chi connectivity index (χ0n) is 5.43. The third-order valence-electron chi connectivity index (χ3n) is 0.898. The first-order chi connectivity index (χ1) is 5.08. The summed E-state index contributed by atoms with van der Waals surface area (Å²) in [6.07, 6.45) is 1.41. The Hall–Kier alpha value is -1.14. The van der Waals surface area contributed by atoms with Gasteiger partial charge in [0.15, 0.2) is 0 Å². The van der Waals surface area contributed by atoms with E-state index < -0.39 is 10.3 Å². The zero-order chi connectivity index (χ0) is 8.32. The summed E-state index contributed by atoms with van der Waals surface area (Å²) in [6, 6.07) is 4.66. The average molecular weight is 174 g/mol. The lowest BCUT2D eigenvalue weighted by Gasteiger charge is -1.98. The van der Waals surface area contributed by atoms with Crippen LogP contribution >= 0.6 is 0 Å². The van der Waals surface area contributed by atoms with Crippen molar-refractivity contribution in [2.75, 3.05) is 4.72 Å². The van der Waals surface area contributed by atoms with Crippen molar-refractivity contribution in [3.8, 4) is 0 Å². The molecule has 0 spiro atoms. The fourth-order valence-corrected chi connectivity index (χ4v) is 0.940. The zero-order valence-corrected chi connectivity index (χ0v) is 6.25. The molecule has 1 rings (SSSR count). The Morgan fingerprint density at radius 2 is 2.18 bits per heavy atom. The molecular weight excluding hydrogens is 168 g/mol. The van der Waals surface area contributed by atoms with E-state index in [0.29, 0.717) is 0 Å². The monoisotopic (exact) mass is 174 g/mol. The molecule has 0 bridgehead atoms. The van der Waals surface area contributed by atoms with Crippen LogP contribution in [0.5, 0.6) is 0 Å². The summed E-state index contributed by atoms with van der Waals surface area (Å²) in [7, 11) is -4.19. The van der Waals surface area contributed by atoms with Crippen LogP contribution in [0.4, 0.5) is 5.82 Å². The minimum Gasteiger partial charge on any atom is -0.269 e. The van der Waals surface area contributed by atoms with E-state index in [1.807, 2.05) is 0 Å². The molecule has 0 aliphatic rings. The summed E-state index contributed by atoms with van der Waals surface area (Å²) in [4.78, 5) is 3.61. The molecule has 0 saturated carbocycles. The van der Waals surface area contributed by atoms with Gasteiger partial charge in [0.25, 0.3) is 0 Å². The van der Waals surface area contributed by atoms with Crippen LogP contribution in [-0.2, 0) is 10.3 Å². The van der Waals surface area contributed by atoms with Gasteiger partial charge in [-0.2, -0.15) is 8.42 Å². The Balaban J connectivity index is 2.82. The van der Waals surface area contributed by atoms with Gasteiger partial charge in [0.1, 0.15) is 5.82 Å². The van der Waals surface area contributed by atoms with Crippen molar-refractivity contribution < 1.29 is 13.0 Å². The summed E-state index contributed by atoms with van der Waals surface area (Å²) in [5.74, 6) is 0.0926. The normalized spacial score (nSPS) is 11.0.